The molecule has 174 valence electrons. The van der Waals surface area contributed by atoms with Crippen molar-refractivity contribution in [1.82, 2.24) is 20.4 Å². The number of hydrogen-bond donors (Lipinski definition) is 2. The van der Waals surface area contributed by atoms with Gasteiger partial charge in [0.05, 0.1) is 26.0 Å². The zero-order valence-electron chi connectivity index (χ0n) is 19.2. The fourth-order valence-corrected chi connectivity index (χ4v) is 3.45. The monoisotopic (exact) mass is 441 g/mol. The molecule has 8 nitrogen and oxygen atoms in total. The summed E-state index contributed by atoms with van der Waals surface area (Å²) < 4.78 is 10.8. The van der Waals surface area contributed by atoms with Crippen molar-refractivity contribution in [2.45, 2.75) is 19.4 Å². The van der Waals surface area contributed by atoms with E-state index in [1.54, 1.807) is 25.3 Å². The maximum Gasteiger partial charge on any atom is 0.253 e. The smallest absolute Gasteiger partial charge is 0.253 e. The number of carbonyl (C=O) groups excluding carboxylic acids is 1. The second-order valence-corrected chi connectivity index (χ2v) is 8.05. The number of guanidine groups is 1. The average Bonchev–Trinajstić information content (AvgIpc) is 3.34. The summed E-state index contributed by atoms with van der Waals surface area (Å²) >= 11 is 0. The molecule has 1 fully saturated rings. The molecule has 0 radical (unpaired) electrons. The van der Waals surface area contributed by atoms with Crippen molar-refractivity contribution in [2.24, 2.45) is 4.99 Å². The van der Waals surface area contributed by atoms with Crippen molar-refractivity contribution < 1.29 is 13.9 Å². The molecule has 1 aliphatic rings. The first-order valence-corrected chi connectivity index (χ1v) is 11.3. The Hall–Kier alpha value is -2.84. The maximum absolute atomic E-state index is 12.1. The molecule has 1 aliphatic heterocycles. The molecule has 0 aliphatic carbocycles. The molecule has 0 saturated carbocycles. The number of benzene rings is 1. The molecule has 32 heavy (non-hydrogen) atoms. The number of aliphatic imine (C=N–C) groups is 1. The molecule has 0 unspecified atom stereocenters. The lowest BCUT2D eigenvalue weighted by molar-refractivity contribution is 0.0376. The van der Waals surface area contributed by atoms with Gasteiger partial charge in [0.2, 0.25) is 0 Å². The number of hydrogen-bond acceptors (Lipinski definition) is 5. The van der Waals surface area contributed by atoms with E-state index in [0.29, 0.717) is 12.1 Å². The van der Waals surface area contributed by atoms with Crippen LogP contribution in [-0.2, 0) is 17.7 Å². The molecule has 2 N–H and O–H groups in total. The summed E-state index contributed by atoms with van der Waals surface area (Å²) in [6.07, 6.45) is 3.53. The number of rotatable bonds is 10. The Balaban J connectivity index is 1.51. The molecule has 0 atom stereocenters. The molecule has 0 bridgehead atoms. The number of furan rings is 1. The Kier molecular flexibility index (Phi) is 9.59. The van der Waals surface area contributed by atoms with Gasteiger partial charge >= 0.3 is 0 Å². The van der Waals surface area contributed by atoms with Crippen LogP contribution in [0, 0.1) is 0 Å². The van der Waals surface area contributed by atoms with E-state index in [1.807, 2.05) is 36.4 Å². The van der Waals surface area contributed by atoms with E-state index in [2.05, 4.69) is 15.5 Å². The maximum atomic E-state index is 12.1. The number of nitrogens with one attached hydrogen (secondary N) is 2. The molecule has 2 heterocycles. The van der Waals surface area contributed by atoms with Crippen molar-refractivity contribution in [2.75, 3.05) is 60.0 Å². The molecular formula is C24H35N5O3. The molecule has 1 amide bonds. The molecule has 0 spiro atoms. The number of amides is 1. The van der Waals surface area contributed by atoms with Crippen molar-refractivity contribution in [3.05, 3.63) is 59.5 Å². The first kappa shape index (κ1) is 23.8. The lowest BCUT2D eigenvalue weighted by Crippen LogP contribution is -2.41. The van der Waals surface area contributed by atoms with Gasteiger partial charge in [0.15, 0.2) is 5.96 Å². The van der Waals surface area contributed by atoms with Crippen LogP contribution in [0.4, 0.5) is 0 Å². The molecule has 1 aromatic carbocycles. The van der Waals surface area contributed by atoms with Crippen LogP contribution in [0.25, 0.3) is 0 Å². The topological polar surface area (TPSA) is 82.3 Å². The van der Waals surface area contributed by atoms with Gasteiger partial charge in [-0.3, -0.25) is 9.69 Å². The number of morpholine rings is 1. The fourth-order valence-electron chi connectivity index (χ4n) is 3.45. The predicted molar refractivity (Wildman–Crippen MR) is 126 cm³/mol. The average molecular weight is 442 g/mol. The lowest BCUT2D eigenvalue weighted by Gasteiger charge is -2.26. The van der Waals surface area contributed by atoms with Gasteiger partial charge in [-0.2, -0.15) is 0 Å². The van der Waals surface area contributed by atoms with Gasteiger partial charge in [-0.05, 0) is 42.8 Å². The third-order valence-electron chi connectivity index (χ3n) is 5.32. The Morgan fingerprint density at radius 1 is 1.09 bits per heavy atom. The van der Waals surface area contributed by atoms with Crippen molar-refractivity contribution in [3.8, 4) is 0 Å². The van der Waals surface area contributed by atoms with E-state index >= 15 is 0 Å². The minimum atomic E-state index is 0.00210. The molecule has 8 heteroatoms. The van der Waals surface area contributed by atoms with Crippen molar-refractivity contribution in [1.29, 1.82) is 0 Å². The normalized spacial score (nSPS) is 14.9. The van der Waals surface area contributed by atoms with Crippen LogP contribution in [0.2, 0.25) is 0 Å². The van der Waals surface area contributed by atoms with Crippen LogP contribution in [0.15, 0.2) is 52.1 Å². The first-order chi connectivity index (χ1) is 15.6. The SMILES string of the molecule is CN(C)C(=O)c1ccc(CN=C(NCCCN2CCOCC2)NCCc2ccco2)cc1. The summed E-state index contributed by atoms with van der Waals surface area (Å²) in [6, 6.07) is 11.5. The van der Waals surface area contributed by atoms with Crippen LogP contribution >= 0.6 is 0 Å². The minimum Gasteiger partial charge on any atom is -0.469 e. The fraction of sp³-hybridized carbons (Fsp3) is 0.500. The second-order valence-electron chi connectivity index (χ2n) is 8.05. The summed E-state index contributed by atoms with van der Waals surface area (Å²) in [5.74, 6) is 1.74. The van der Waals surface area contributed by atoms with Crippen molar-refractivity contribution >= 4 is 11.9 Å². The zero-order valence-corrected chi connectivity index (χ0v) is 19.2. The van der Waals surface area contributed by atoms with Gasteiger partial charge in [0.25, 0.3) is 5.91 Å². The van der Waals surface area contributed by atoms with Gasteiger partial charge < -0.3 is 24.7 Å². The quantitative estimate of drug-likeness (QED) is 0.333. The van der Waals surface area contributed by atoms with Crippen molar-refractivity contribution in [3.63, 3.8) is 0 Å². The highest BCUT2D eigenvalue weighted by Gasteiger charge is 2.10. The van der Waals surface area contributed by atoms with Gasteiger partial charge in [-0.25, -0.2) is 4.99 Å². The summed E-state index contributed by atoms with van der Waals surface area (Å²) in [7, 11) is 3.51. The van der Waals surface area contributed by atoms with Crippen LogP contribution in [0.5, 0.6) is 0 Å². The Bertz CT molecular complexity index is 828. The van der Waals surface area contributed by atoms with Gasteiger partial charge in [-0.1, -0.05) is 12.1 Å². The molecular weight excluding hydrogens is 406 g/mol. The van der Waals surface area contributed by atoms with E-state index in [-0.39, 0.29) is 5.91 Å². The molecule has 1 aromatic heterocycles. The Morgan fingerprint density at radius 2 is 1.84 bits per heavy atom. The second kappa shape index (κ2) is 12.9. The predicted octanol–water partition coefficient (Wildman–Crippen LogP) is 1.98. The van der Waals surface area contributed by atoms with Crippen LogP contribution in [-0.4, -0.2) is 81.7 Å². The molecule has 1 saturated heterocycles. The highest BCUT2D eigenvalue weighted by Crippen LogP contribution is 2.08. The van der Waals surface area contributed by atoms with Gasteiger partial charge in [0.1, 0.15) is 5.76 Å². The van der Waals surface area contributed by atoms with E-state index in [1.165, 1.54) is 0 Å². The first-order valence-electron chi connectivity index (χ1n) is 11.3. The Labute approximate surface area is 190 Å². The Morgan fingerprint density at radius 3 is 2.53 bits per heavy atom. The zero-order chi connectivity index (χ0) is 22.6. The third-order valence-corrected chi connectivity index (χ3v) is 5.32. The van der Waals surface area contributed by atoms with E-state index < -0.39 is 0 Å². The van der Waals surface area contributed by atoms with E-state index in [4.69, 9.17) is 14.1 Å². The van der Waals surface area contributed by atoms with Crippen LogP contribution in [0.3, 0.4) is 0 Å². The largest absolute Gasteiger partial charge is 0.469 e. The van der Waals surface area contributed by atoms with E-state index in [9.17, 15) is 4.79 Å². The van der Waals surface area contributed by atoms with Crippen LogP contribution in [0.1, 0.15) is 28.1 Å². The van der Waals surface area contributed by atoms with Gasteiger partial charge in [0, 0.05) is 52.3 Å². The highest BCUT2D eigenvalue weighted by molar-refractivity contribution is 5.93. The summed E-state index contributed by atoms with van der Waals surface area (Å²) in [4.78, 5) is 20.8. The third kappa shape index (κ3) is 8.01. The number of nitrogens with zero attached hydrogens (tertiary/aromatic N) is 3. The summed E-state index contributed by atoms with van der Waals surface area (Å²) in [6.45, 7) is 6.84. The van der Waals surface area contributed by atoms with Crippen LogP contribution < -0.4 is 10.6 Å². The van der Waals surface area contributed by atoms with Gasteiger partial charge in [-0.15, -0.1) is 0 Å². The molecule has 2 aromatic rings. The lowest BCUT2D eigenvalue weighted by atomic mass is 10.1. The van der Waals surface area contributed by atoms with E-state index in [0.717, 1.165) is 76.1 Å². The summed E-state index contributed by atoms with van der Waals surface area (Å²) in [5, 5.41) is 6.84. The number of carbonyl (C=O) groups is 1. The number of ether oxygens (including phenoxy) is 1. The summed E-state index contributed by atoms with van der Waals surface area (Å²) in [5.41, 5.74) is 1.74. The molecule has 3 rings (SSSR count). The minimum absolute atomic E-state index is 0.00210. The standard InChI is InChI=1S/C24H35N5O3/c1-28(2)23(30)21-8-6-20(7-9-21)19-27-24(26-12-10-22-5-3-16-32-22)25-11-4-13-29-14-17-31-18-15-29/h3,5-9,16H,4,10-15,17-19H2,1-2H3,(H2,25,26,27). The highest BCUT2D eigenvalue weighted by atomic mass is 16.5.